The Morgan fingerprint density at radius 3 is 2.29 bits per heavy atom. The van der Waals surface area contributed by atoms with E-state index in [1.165, 1.54) is 5.56 Å². The Kier molecular flexibility index (Phi) is 4.55. The number of aryl methyl sites for hydroxylation is 1. The van der Waals surface area contributed by atoms with E-state index in [0.717, 1.165) is 5.75 Å². The summed E-state index contributed by atoms with van der Waals surface area (Å²) in [4.78, 5) is 11.4. The molecule has 1 aromatic rings. The molecule has 0 N–H and O–H groups in total. The zero-order valence-electron chi connectivity index (χ0n) is 10.9. The Hall–Kier alpha value is -1.51. The molecule has 0 spiro atoms. The van der Waals surface area contributed by atoms with Crippen molar-refractivity contribution >= 4 is 5.97 Å². The molecule has 0 fully saturated rings. The van der Waals surface area contributed by atoms with Crippen molar-refractivity contribution in [3.8, 4) is 5.75 Å². The zero-order chi connectivity index (χ0) is 12.9. The average Bonchev–Trinajstić information content (AvgIpc) is 2.18. The number of rotatable bonds is 4. The molecule has 0 aliphatic rings. The summed E-state index contributed by atoms with van der Waals surface area (Å²) in [6, 6.07) is 7.74. The van der Waals surface area contributed by atoms with Crippen LogP contribution in [0.25, 0.3) is 0 Å². The van der Waals surface area contributed by atoms with Gasteiger partial charge in [-0.2, -0.15) is 0 Å². The first-order chi connectivity index (χ1) is 7.87. The first kappa shape index (κ1) is 13.6. The number of esters is 1. The van der Waals surface area contributed by atoms with Gasteiger partial charge < -0.3 is 9.47 Å². The van der Waals surface area contributed by atoms with Gasteiger partial charge in [-0.15, -0.1) is 0 Å². The minimum Gasteiger partial charge on any atom is -0.493 e. The van der Waals surface area contributed by atoms with Gasteiger partial charge in [0.05, 0.1) is 13.0 Å². The second-order valence-corrected chi connectivity index (χ2v) is 5.00. The van der Waals surface area contributed by atoms with E-state index in [-0.39, 0.29) is 12.4 Å². The summed E-state index contributed by atoms with van der Waals surface area (Å²) in [5.74, 6) is 0.545. The van der Waals surface area contributed by atoms with Gasteiger partial charge >= 0.3 is 5.97 Å². The molecule has 0 bridgehead atoms. The molecule has 0 saturated heterocycles. The number of carbonyl (C=O) groups is 1. The van der Waals surface area contributed by atoms with Crippen LogP contribution in [0.4, 0.5) is 0 Å². The maximum absolute atomic E-state index is 11.4. The Morgan fingerprint density at radius 1 is 1.18 bits per heavy atom. The topological polar surface area (TPSA) is 35.5 Å². The molecule has 0 aromatic heterocycles. The monoisotopic (exact) mass is 236 g/mol. The van der Waals surface area contributed by atoms with Gasteiger partial charge in [0.25, 0.3) is 0 Å². The van der Waals surface area contributed by atoms with E-state index in [1.54, 1.807) is 0 Å². The molecule has 0 saturated carbocycles. The minimum absolute atomic E-state index is 0.232. The third-order valence-electron chi connectivity index (χ3n) is 2.02. The maximum atomic E-state index is 11.4. The van der Waals surface area contributed by atoms with Crippen LogP contribution in [0.5, 0.6) is 5.75 Å². The smallest absolute Gasteiger partial charge is 0.309 e. The molecule has 0 aliphatic carbocycles. The Balaban J connectivity index is 2.28. The summed E-state index contributed by atoms with van der Waals surface area (Å²) in [5, 5.41) is 0. The lowest BCUT2D eigenvalue weighted by Crippen LogP contribution is -2.24. The highest BCUT2D eigenvalue weighted by atomic mass is 16.6. The van der Waals surface area contributed by atoms with Crippen molar-refractivity contribution in [2.45, 2.75) is 39.7 Å². The zero-order valence-corrected chi connectivity index (χ0v) is 10.9. The van der Waals surface area contributed by atoms with Crippen LogP contribution < -0.4 is 4.74 Å². The predicted octanol–water partition coefficient (Wildman–Crippen LogP) is 3.11. The summed E-state index contributed by atoms with van der Waals surface area (Å²) < 4.78 is 10.6. The van der Waals surface area contributed by atoms with Crippen molar-refractivity contribution in [1.29, 1.82) is 0 Å². The molecule has 0 radical (unpaired) electrons. The van der Waals surface area contributed by atoms with E-state index < -0.39 is 5.60 Å². The lowest BCUT2D eigenvalue weighted by atomic mass is 10.2. The maximum Gasteiger partial charge on any atom is 0.309 e. The van der Waals surface area contributed by atoms with Crippen LogP contribution in [-0.4, -0.2) is 18.2 Å². The molecule has 3 heteroatoms. The number of benzene rings is 1. The fourth-order valence-electron chi connectivity index (χ4n) is 1.28. The van der Waals surface area contributed by atoms with Gasteiger partial charge in [-0.1, -0.05) is 17.7 Å². The molecular formula is C14H20O3. The van der Waals surface area contributed by atoms with Gasteiger partial charge in [-0.25, -0.2) is 0 Å². The number of hydrogen-bond acceptors (Lipinski definition) is 3. The lowest BCUT2D eigenvalue weighted by Gasteiger charge is -2.19. The highest BCUT2D eigenvalue weighted by molar-refractivity contribution is 5.69. The Labute approximate surface area is 103 Å². The van der Waals surface area contributed by atoms with Crippen LogP contribution in [-0.2, 0) is 9.53 Å². The van der Waals surface area contributed by atoms with Crippen molar-refractivity contribution in [3.05, 3.63) is 29.8 Å². The molecule has 0 unspecified atom stereocenters. The van der Waals surface area contributed by atoms with Crippen LogP contribution in [0.15, 0.2) is 24.3 Å². The van der Waals surface area contributed by atoms with Gasteiger partial charge in [0.15, 0.2) is 0 Å². The molecule has 0 atom stereocenters. The number of ether oxygens (including phenoxy) is 2. The normalized spacial score (nSPS) is 11.1. The van der Waals surface area contributed by atoms with Crippen molar-refractivity contribution in [2.75, 3.05) is 6.61 Å². The first-order valence-electron chi connectivity index (χ1n) is 5.78. The molecule has 3 nitrogen and oxygen atoms in total. The second-order valence-electron chi connectivity index (χ2n) is 5.00. The summed E-state index contributed by atoms with van der Waals surface area (Å²) >= 11 is 0. The summed E-state index contributed by atoms with van der Waals surface area (Å²) in [7, 11) is 0. The van der Waals surface area contributed by atoms with E-state index in [1.807, 2.05) is 52.0 Å². The van der Waals surface area contributed by atoms with E-state index in [4.69, 9.17) is 9.47 Å². The highest BCUT2D eigenvalue weighted by Crippen LogP contribution is 2.12. The van der Waals surface area contributed by atoms with Crippen LogP contribution in [0, 0.1) is 6.92 Å². The molecule has 1 rings (SSSR count). The molecule has 1 aromatic carbocycles. The van der Waals surface area contributed by atoms with Crippen molar-refractivity contribution in [2.24, 2.45) is 0 Å². The SMILES string of the molecule is Cc1ccc(OCCC(=O)OC(C)(C)C)cc1. The molecule has 17 heavy (non-hydrogen) atoms. The van der Waals surface area contributed by atoms with Crippen LogP contribution in [0.1, 0.15) is 32.8 Å². The van der Waals surface area contributed by atoms with E-state index in [9.17, 15) is 4.79 Å². The molecule has 0 aliphatic heterocycles. The van der Waals surface area contributed by atoms with E-state index in [0.29, 0.717) is 6.61 Å². The van der Waals surface area contributed by atoms with Gasteiger partial charge in [0, 0.05) is 0 Å². The summed E-state index contributed by atoms with van der Waals surface area (Å²) in [6.45, 7) is 7.92. The molecular weight excluding hydrogens is 216 g/mol. The third kappa shape index (κ3) is 5.95. The van der Waals surface area contributed by atoms with Crippen LogP contribution in [0.3, 0.4) is 0 Å². The third-order valence-corrected chi connectivity index (χ3v) is 2.02. The standard InChI is InChI=1S/C14H20O3/c1-11-5-7-12(8-6-11)16-10-9-13(15)17-14(2,3)4/h5-8H,9-10H2,1-4H3. The van der Waals surface area contributed by atoms with Crippen molar-refractivity contribution < 1.29 is 14.3 Å². The van der Waals surface area contributed by atoms with E-state index in [2.05, 4.69) is 0 Å². The first-order valence-corrected chi connectivity index (χ1v) is 5.78. The number of hydrogen-bond donors (Lipinski definition) is 0. The highest BCUT2D eigenvalue weighted by Gasteiger charge is 2.15. The van der Waals surface area contributed by atoms with Gasteiger partial charge in [-0.3, -0.25) is 4.79 Å². The summed E-state index contributed by atoms with van der Waals surface area (Å²) in [6.07, 6.45) is 0.269. The lowest BCUT2D eigenvalue weighted by molar-refractivity contribution is -0.155. The summed E-state index contributed by atoms with van der Waals surface area (Å²) in [5.41, 5.74) is 0.755. The Bertz CT molecular complexity index is 360. The van der Waals surface area contributed by atoms with Crippen molar-refractivity contribution in [1.82, 2.24) is 0 Å². The fraction of sp³-hybridized carbons (Fsp3) is 0.500. The van der Waals surface area contributed by atoms with Gasteiger partial charge in [0.1, 0.15) is 11.4 Å². The van der Waals surface area contributed by atoms with Crippen LogP contribution >= 0.6 is 0 Å². The largest absolute Gasteiger partial charge is 0.493 e. The fourth-order valence-corrected chi connectivity index (χ4v) is 1.28. The van der Waals surface area contributed by atoms with Crippen molar-refractivity contribution in [3.63, 3.8) is 0 Å². The van der Waals surface area contributed by atoms with Gasteiger partial charge in [-0.05, 0) is 39.8 Å². The molecule has 94 valence electrons. The predicted molar refractivity (Wildman–Crippen MR) is 67.1 cm³/mol. The second kappa shape index (κ2) is 5.71. The van der Waals surface area contributed by atoms with Crippen LogP contribution in [0.2, 0.25) is 0 Å². The average molecular weight is 236 g/mol. The quantitative estimate of drug-likeness (QED) is 0.753. The van der Waals surface area contributed by atoms with E-state index >= 15 is 0 Å². The molecule has 0 amide bonds. The Morgan fingerprint density at radius 2 is 1.76 bits per heavy atom. The molecule has 0 heterocycles. The number of carbonyl (C=O) groups excluding carboxylic acids is 1. The minimum atomic E-state index is -0.430. The van der Waals surface area contributed by atoms with Gasteiger partial charge in [0.2, 0.25) is 0 Å².